The van der Waals surface area contributed by atoms with E-state index in [0.29, 0.717) is 15.0 Å². The molecular weight excluding hydrogens is 216 g/mol. The molecule has 0 spiro atoms. The summed E-state index contributed by atoms with van der Waals surface area (Å²) in [5.41, 5.74) is 0. The van der Waals surface area contributed by atoms with Crippen LogP contribution >= 0.6 is 22.9 Å². The molecule has 0 N–H and O–H groups in total. The molecule has 0 aliphatic carbocycles. The molecule has 0 bridgehead atoms. The Kier molecular flexibility index (Phi) is 3.20. The molecular formula is C6H5ClN2OS2. The lowest BCUT2D eigenvalue weighted by molar-refractivity contribution is 0.683. The van der Waals surface area contributed by atoms with Gasteiger partial charge in [0, 0.05) is 5.75 Å². The van der Waals surface area contributed by atoms with Gasteiger partial charge in [0.25, 0.3) is 0 Å². The van der Waals surface area contributed by atoms with Gasteiger partial charge in [0.2, 0.25) is 0 Å². The summed E-state index contributed by atoms with van der Waals surface area (Å²) in [5, 5.41) is 8.68. The second-order valence-corrected chi connectivity index (χ2v) is 5.12. The zero-order valence-corrected chi connectivity index (χ0v) is 8.59. The van der Waals surface area contributed by atoms with Crippen LogP contribution < -0.4 is 0 Å². The van der Waals surface area contributed by atoms with Crippen molar-refractivity contribution in [3.8, 4) is 6.07 Å². The average molecular weight is 221 g/mol. The third-order valence-electron chi connectivity index (χ3n) is 1.12. The van der Waals surface area contributed by atoms with E-state index in [2.05, 4.69) is 4.98 Å². The summed E-state index contributed by atoms with van der Waals surface area (Å²) in [4.78, 5) is 4.14. The van der Waals surface area contributed by atoms with Crippen molar-refractivity contribution < 1.29 is 4.21 Å². The van der Waals surface area contributed by atoms with Crippen molar-refractivity contribution in [3.63, 3.8) is 0 Å². The Bertz CT molecular complexity index is 355. The molecule has 6 heteroatoms. The molecule has 1 heterocycles. The van der Waals surface area contributed by atoms with Crippen LogP contribution in [0, 0.1) is 11.3 Å². The predicted molar refractivity (Wildman–Crippen MR) is 48.8 cm³/mol. The molecule has 1 unspecified atom stereocenters. The highest BCUT2D eigenvalue weighted by Gasteiger charge is 2.12. The molecule has 3 nitrogen and oxygen atoms in total. The molecule has 12 heavy (non-hydrogen) atoms. The van der Waals surface area contributed by atoms with Crippen LogP contribution in [0.1, 0.15) is 11.8 Å². The number of rotatable bonds is 2. The fourth-order valence-corrected chi connectivity index (χ4v) is 2.82. The number of nitriles is 1. The van der Waals surface area contributed by atoms with Gasteiger partial charge in [0.1, 0.15) is 10.9 Å². The van der Waals surface area contributed by atoms with E-state index in [1.807, 2.05) is 6.07 Å². The average Bonchev–Trinajstić information content (AvgIpc) is 2.45. The molecule has 1 aromatic rings. The summed E-state index contributed by atoms with van der Waals surface area (Å²) in [6.07, 6.45) is 0. The van der Waals surface area contributed by atoms with E-state index in [1.165, 1.54) is 0 Å². The Morgan fingerprint density at radius 3 is 2.92 bits per heavy atom. The van der Waals surface area contributed by atoms with Gasteiger partial charge < -0.3 is 0 Å². The fraction of sp³-hybridized carbons (Fsp3) is 0.333. The Hall–Kier alpha value is -0.440. The highest BCUT2D eigenvalue weighted by Crippen LogP contribution is 2.24. The molecule has 0 fully saturated rings. The molecule has 1 rings (SSSR count). The maximum absolute atomic E-state index is 11.2. The summed E-state index contributed by atoms with van der Waals surface area (Å²) >= 11 is 6.68. The molecule has 0 amide bonds. The van der Waals surface area contributed by atoms with Gasteiger partial charge in [-0.2, -0.15) is 5.26 Å². The van der Waals surface area contributed by atoms with Gasteiger partial charge in [-0.15, -0.1) is 0 Å². The summed E-state index contributed by atoms with van der Waals surface area (Å²) in [7, 11) is -1.11. The van der Waals surface area contributed by atoms with Crippen molar-refractivity contribution in [1.29, 1.82) is 5.26 Å². The quantitative estimate of drug-likeness (QED) is 0.764. The van der Waals surface area contributed by atoms with Crippen LogP contribution in [0.4, 0.5) is 0 Å². The van der Waals surface area contributed by atoms with E-state index in [9.17, 15) is 4.21 Å². The second-order valence-electron chi connectivity index (χ2n) is 1.85. The smallest absolute Gasteiger partial charge is 0.183 e. The van der Waals surface area contributed by atoms with Gasteiger partial charge in [-0.1, -0.05) is 29.9 Å². The summed E-state index contributed by atoms with van der Waals surface area (Å²) in [6.45, 7) is 1.79. The van der Waals surface area contributed by atoms with Gasteiger partial charge >= 0.3 is 0 Å². The topological polar surface area (TPSA) is 53.8 Å². The van der Waals surface area contributed by atoms with Crippen LogP contribution in [-0.2, 0) is 10.8 Å². The second kappa shape index (κ2) is 3.99. The minimum Gasteiger partial charge on any atom is -0.252 e. The Balaban J connectivity index is 3.07. The van der Waals surface area contributed by atoms with Crippen molar-refractivity contribution in [2.24, 2.45) is 0 Å². The molecule has 0 aliphatic rings. The Morgan fingerprint density at radius 1 is 1.83 bits per heavy atom. The van der Waals surface area contributed by atoms with E-state index in [1.54, 1.807) is 6.92 Å². The van der Waals surface area contributed by atoms with E-state index < -0.39 is 10.8 Å². The van der Waals surface area contributed by atoms with Gasteiger partial charge in [-0.05, 0) is 0 Å². The lowest BCUT2D eigenvalue weighted by atomic mass is 10.6. The molecule has 0 radical (unpaired) electrons. The van der Waals surface area contributed by atoms with Crippen LogP contribution in [0.2, 0.25) is 5.15 Å². The summed E-state index contributed by atoms with van der Waals surface area (Å²) < 4.78 is 11.6. The van der Waals surface area contributed by atoms with E-state index in [-0.39, 0.29) is 5.15 Å². The zero-order chi connectivity index (χ0) is 9.14. The van der Waals surface area contributed by atoms with Gasteiger partial charge in [0.15, 0.2) is 9.49 Å². The molecule has 0 aliphatic heterocycles. The van der Waals surface area contributed by atoms with Crippen molar-refractivity contribution in [1.82, 2.24) is 4.98 Å². The standard InChI is InChI=1S/C6H5ClN2OS2/c1-2-12(10)6-9-5(7)4(3-8)11-6/h2H2,1H3. The first kappa shape index (κ1) is 9.65. The number of thiazole rings is 1. The molecule has 64 valence electrons. The van der Waals surface area contributed by atoms with Gasteiger partial charge in [0.05, 0.1) is 10.8 Å². The minimum absolute atomic E-state index is 0.152. The predicted octanol–water partition coefficient (Wildman–Crippen LogP) is 1.80. The van der Waals surface area contributed by atoms with Crippen LogP contribution in [-0.4, -0.2) is 14.9 Å². The maximum atomic E-state index is 11.2. The summed E-state index contributed by atoms with van der Waals surface area (Å²) in [6, 6.07) is 1.88. The van der Waals surface area contributed by atoms with Crippen molar-refractivity contribution in [2.45, 2.75) is 11.3 Å². The van der Waals surface area contributed by atoms with E-state index >= 15 is 0 Å². The van der Waals surface area contributed by atoms with Crippen LogP contribution in [0.15, 0.2) is 4.34 Å². The molecule has 0 aromatic carbocycles. The monoisotopic (exact) mass is 220 g/mol. The lowest BCUT2D eigenvalue weighted by Crippen LogP contribution is -1.91. The molecule has 1 atom stereocenters. The molecule has 0 saturated carbocycles. The number of halogens is 1. The van der Waals surface area contributed by atoms with Gasteiger partial charge in [-0.3, -0.25) is 4.21 Å². The first-order valence-corrected chi connectivity index (χ1v) is 5.65. The maximum Gasteiger partial charge on any atom is 0.183 e. The SMILES string of the molecule is CCS(=O)c1nc(Cl)c(C#N)s1. The normalized spacial score (nSPS) is 12.4. The number of nitrogens with zero attached hydrogens (tertiary/aromatic N) is 2. The number of hydrogen-bond acceptors (Lipinski definition) is 4. The van der Waals surface area contributed by atoms with E-state index in [4.69, 9.17) is 16.9 Å². The molecule has 0 saturated heterocycles. The lowest BCUT2D eigenvalue weighted by Gasteiger charge is -1.87. The molecule has 1 aromatic heterocycles. The fourth-order valence-electron chi connectivity index (χ4n) is 0.573. The Morgan fingerprint density at radius 2 is 2.50 bits per heavy atom. The third-order valence-corrected chi connectivity index (χ3v) is 4.08. The minimum atomic E-state index is -1.11. The van der Waals surface area contributed by atoms with Crippen LogP contribution in [0.25, 0.3) is 0 Å². The first-order valence-electron chi connectivity index (χ1n) is 3.13. The van der Waals surface area contributed by atoms with Crippen molar-refractivity contribution in [2.75, 3.05) is 5.75 Å². The number of hydrogen-bond donors (Lipinski definition) is 0. The zero-order valence-electron chi connectivity index (χ0n) is 6.20. The third kappa shape index (κ3) is 1.83. The van der Waals surface area contributed by atoms with Crippen molar-refractivity contribution in [3.05, 3.63) is 10.0 Å². The van der Waals surface area contributed by atoms with Gasteiger partial charge in [-0.25, -0.2) is 4.98 Å². The number of aromatic nitrogens is 1. The van der Waals surface area contributed by atoms with Crippen molar-refractivity contribution >= 4 is 33.7 Å². The largest absolute Gasteiger partial charge is 0.252 e. The van der Waals surface area contributed by atoms with Crippen LogP contribution in [0.5, 0.6) is 0 Å². The highest BCUT2D eigenvalue weighted by molar-refractivity contribution is 7.87. The summed E-state index contributed by atoms with van der Waals surface area (Å²) in [5.74, 6) is 0.495. The van der Waals surface area contributed by atoms with E-state index in [0.717, 1.165) is 11.3 Å². The Labute approximate surface area is 81.5 Å². The highest BCUT2D eigenvalue weighted by atomic mass is 35.5. The van der Waals surface area contributed by atoms with Crippen LogP contribution in [0.3, 0.4) is 0 Å². The first-order chi connectivity index (χ1) is 5.69.